The van der Waals surface area contributed by atoms with Crippen molar-refractivity contribution >= 4 is 51.0 Å². The molecule has 0 fully saturated rings. The molecule has 4 aromatic carbocycles. The average Bonchev–Trinajstić information content (AvgIpc) is 2.91. The molecule has 0 spiro atoms. The Morgan fingerprint density at radius 2 is 1.76 bits per heavy atom. The van der Waals surface area contributed by atoms with Crippen molar-refractivity contribution < 1.29 is 19.0 Å². The number of halogens is 1. The lowest BCUT2D eigenvalue weighted by Crippen LogP contribution is -2.14. The van der Waals surface area contributed by atoms with Gasteiger partial charge in [-0.1, -0.05) is 54.6 Å². The second-order valence-corrected chi connectivity index (χ2v) is 9.18. The summed E-state index contributed by atoms with van der Waals surface area (Å²) in [7, 11) is 1.52. The zero-order chi connectivity index (χ0) is 26.2. The summed E-state index contributed by atoms with van der Waals surface area (Å²) in [5.41, 5.74) is 2.16. The molecule has 1 N–H and O–H groups in total. The van der Waals surface area contributed by atoms with Crippen LogP contribution in [0.25, 0.3) is 16.8 Å². The van der Waals surface area contributed by atoms with Gasteiger partial charge in [-0.15, -0.1) is 0 Å². The maximum absolute atomic E-state index is 12.8. The number of carbonyl (C=O) groups is 1. The van der Waals surface area contributed by atoms with E-state index in [1.54, 1.807) is 30.3 Å². The van der Waals surface area contributed by atoms with Crippen molar-refractivity contribution in [1.29, 1.82) is 5.26 Å². The summed E-state index contributed by atoms with van der Waals surface area (Å²) in [5, 5.41) is 14.7. The van der Waals surface area contributed by atoms with E-state index in [1.807, 2.05) is 43.3 Å². The minimum absolute atomic E-state index is 0.0476. The number of hydrogen-bond acceptors (Lipinski definition) is 5. The summed E-state index contributed by atoms with van der Waals surface area (Å²) in [6, 6.07) is 27.0. The summed E-state index contributed by atoms with van der Waals surface area (Å²) in [5.74, 6) is 1.14. The monoisotopic (exact) mass is 604 g/mol. The summed E-state index contributed by atoms with van der Waals surface area (Å²) in [6.07, 6.45) is 1.53. The number of hydrogen-bond donors (Lipinski definition) is 1. The minimum Gasteiger partial charge on any atom is -0.495 e. The smallest absolute Gasteiger partial charge is 0.266 e. The molecule has 0 aliphatic rings. The quantitative estimate of drug-likeness (QED) is 0.127. The first-order valence-electron chi connectivity index (χ1n) is 11.7. The van der Waals surface area contributed by atoms with E-state index in [0.717, 1.165) is 19.9 Å². The predicted molar refractivity (Wildman–Crippen MR) is 154 cm³/mol. The fourth-order valence-electron chi connectivity index (χ4n) is 3.90. The van der Waals surface area contributed by atoms with Crippen molar-refractivity contribution in [2.75, 3.05) is 19.0 Å². The van der Waals surface area contributed by atoms with Crippen LogP contribution in [0, 0.1) is 14.9 Å². The van der Waals surface area contributed by atoms with Gasteiger partial charge >= 0.3 is 0 Å². The number of para-hydroxylation sites is 2. The van der Waals surface area contributed by atoms with Crippen molar-refractivity contribution in [3.8, 4) is 23.3 Å². The van der Waals surface area contributed by atoms with Gasteiger partial charge in [0.05, 0.1) is 23.0 Å². The van der Waals surface area contributed by atoms with E-state index in [1.165, 1.54) is 13.2 Å². The summed E-state index contributed by atoms with van der Waals surface area (Å²) < 4.78 is 18.2. The van der Waals surface area contributed by atoms with Gasteiger partial charge in [0, 0.05) is 0 Å². The molecule has 0 bridgehead atoms. The first kappa shape index (κ1) is 26.0. The summed E-state index contributed by atoms with van der Waals surface area (Å²) in [4.78, 5) is 12.8. The highest BCUT2D eigenvalue weighted by Gasteiger charge is 2.16. The van der Waals surface area contributed by atoms with E-state index in [4.69, 9.17) is 14.2 Å². The number of nitrogens with zero attached hydrogens (tertiary/aromatic N) is 1. The van der Waals surface area contributed by atoms with Crippen molar-refractivity contribution in [3.63, 3.8) is 0 Å². The third kappa shape index (κ3) is 6.22. The molecule has 4 rings (SSSR count). The Morgan fingerprint density at radius 3 is 2.54 bits per heavy atom. The minimum atomic E-state index is -0.531. The molecule has 0 radical (unpaired) electrons. The Kier molecular flexibility index (Phi) is 8.64. The molecular weight excluding hydrogens is 579 g/mol. The molecule has 0 saturated heterocycles. The zero-order valence-electron chi connectivity index (χ0n) is 20.5. The van der Waals surface area contributed by atoms with E-state index >= 15 is 0 Å². The molecule has 0 aliphatic heterocycles. The number of ether oxygens (including phenoxy) is 3. The number of benzene rings is 4. The molecule has 0 aromatic heterocycles. The summed E-state index contributed by atoms with van der Waals surface area (Å²) >= 11 is 2.18. The highest BCUT2D eigenvalue weighted by atomic mass is 127. The van der Waals surface area contributed by atoms with Gasteiger partial charge < -0.3 is 19.5 Å². The molecular formula is C30H25IN2O4. The first-order chi connectivity index (χ1) is 18.0. The second-order valence-electron chi connectivity index (χ2n) is 8.01. The molecule has 0 unspecified atom stereocenters. The molecule has 4 aromatic rings. The third-order valence-corrected chi connectivity index (χ3v) is 6.42. The molecule has 0 atom stereocenters. The number of anilines is 1. The predicted octanol–water partition coefficient (Wildman–Crippen LogP) is 6.98. The number of carbonyl (C=O) groups excluding carboxylic acids is 1. The lowest BCUT2D eigenvalue weighted by Gasteiger charge is -2.16. The van der Waals surface area contributed by atoms with Crippen LogP contribution in [0.2, 0.25) is 0 Å². The number of methoxy groups -OCH3 is 1. The molecule has 0 aliphatic carbocycles. The van der Waals surface area contributed by atoms with Crippen molar-refractivity contribution in [1.82, 2.24) is 0 Å². The fourth-order valence-corrected chi connectivity index (χ4v) is 4.68. The molecule has 0 saturated carbocycles. The van der Waals surface area contributed by atoms with Crippen LogP contribution in [-0.4, -0.2) is 19.6 Å². The van der Waals surface area contributed by atoms with Crippen molar-refractivity contribution in [2.24, 2.45) is 0 Å². The Bertz CT molecular complexity index is 1500. The molecule has 7 heteroatoms. The van der Waals surface area contributed by atoms with Gasteiger partial charge in [0.25, 0.3) is 5.91 Å². The largest absolute Gasteiger partial charge is 0.495 e. The van der Waals surface area contributed by atoms with Crippen LogP contribution in [0.5, 0.6) is 17.2 Å². The third-order valence-electron chi connectivity index (χ3n) is 5.61. The molecule has 1 amide bonds. The van der Waals surface area contributed by atoms with Gasteiger partial charge in [0.15, 0.2) is 11.5 Å². The molecule has 0 heterocycles. The standard InChI is InChI=1S/C30H25IN2O4/c1-3-36-28-17-20(15-23(18-32)30(34)33-26-13-6-7-14-27(26)35-2)16-25(31)29(28)37-19-22-11-8-10-21-9-4-5-12-24(21)22/h4-17H,3,19H2,1-2H3,(H,33,34)/b23-15+. The summed E-state index contributed by atoms with van der Waals surface area (Å²) in [6.45, 7) is 2.70. The lowest BCUT2D eigenvalue weighted by atomic mass is 10.1. The van der Waals surface area contributed by atoms with Crippen LogP contribution < -0.4 is 19.5 Å². The SMILES string of the molecule is CCOc1cc(/C=C(\C#N)C(=O)Nc2ccccc2OC)cc(I)c1OCc1cccc2ccccc12. The number of nitrogens with one attached hydrogen (secondary N) is 1. The van der Waals surface area contributed by atoms with Crippen LogP contribution in [-0.2, 0) is 11.4 Å². The van der Waals surface area contributed by atoms with E-state index in [-0.39, 0.29) is 5.57 Å². The molecule has 186 valence electrons. The van der Waals surface area contributed by atoms with Gasteiger partial charge in [-0.2, -0.15) is 5.26 Å². The highest BCUT2D eigenvalue weighted by Crippen LogP contribution is 2.36. The van der Waals surface area contributed by atoms with Crippen LogP contribution in [0.1, 0.15) is 18.1 Å². The van der Waals surface area contributed by atoms with Gasteiger partial charge in [-0.25, -0.2) is 0 Å². The van der Waals surface area contributed by atoms with Gasteiger partial charge in [0.1, 0.15) is 24.0 Å². The van der Waals surface area contributed by atoms with Crippen LogP contribution in [0.15, 0.2) is 84.4 Å². The lowest BCUT2D eigenvalue weighted by molar-refractivity contribution is -0.112. The first-order valence-corrected chi connectivity index (χ1v) is 12.7. The Balaban J connectivity index is 1.60. The topological polar surface area (TPSA) is 80.6 Å². The maximum atomic E-state index is 12.8. The van der Waals surface area contributed by atoms with Crippen LogP contribution >= 0.6 is 22.6 Å². The van der Waals surface area contributed by atoms with Gasteiger partial charge in [0.2, 0.25) is 0 Å². The van der Waals surface area contributed by atoms with Crippen molar-refractivity contribution in [3.05, 3.63) is 99.1 Å². The van der Waals surface area contributed by atoms with E-state index < -0.39 is 5.91 Å². The van der Waals surface area contributed by atoms with Crippen LogP contribution in [0.4, 0.5) is 5.69 Å². The second kappa shape index (κ2) is 12.3. The number of amides is 1. The molecule has 6 nitrogen and oxygen atoms in total. The van der Waals surface area contributed by atoms with Crippen molar-refractivity contribution in [2.45, 2.75) is 13.5 Å². The van der Waals surface area contributed by atoms with E-state index in [9.17, 15) is 10.1 Å². The van der Waals surface area contributed by atoms with Gasteiger partial charge in [-0.3, -0.25) is 4.79 Å². The number of nitriles is 1. The fraction of sp³-hybridized carbons (Fsp3) is 0.133. The van der Waals surface area contributed by atoms with E-state index in [0.29, 0.717) is 41.7 Å². The maximum Gasteiger partial charge on any atom is 0.266 e. The number of rotatable bonds is 9. The van der Waals surface area contributed by atoms with Gasteiger partial charge in [-0.05, 0) is 81.8 Å². The average molecular weight is 604 g/mol. The van der Waals surface area contributed by atoms with Crippen LogP contribution in [0.3, 0.4) is 0 Å². The Labute approximate surface area is 229 Å². The highest BCUT2D eigenvalue weighted by molar-refractivity contribution is 14.1. The number of fused-ring (bicyclic) bond motifs is 1. The Hall–Kier alpha value is -4.03. The zero-order valence-corrected chi connectivity index (χ0v) is 22.6. The Morgan fingerprint density at radius 1 is 1.00 bits per heavy atom. The van der Waals surface area contributed by atoms with E-state index in [2.05, 4.69) is 46.1 Å². The molecule has 37 heavy (non-hydrogen) atoms. The normalized spacial score (nSPS) is 11.0.